The van der Waals surface area contributed by atoms with E-state index in [2.05, 4.69) is 4.98 Å². The van der Waals surface area contributed by atoms with E-state index in [4.69, 9.17) is 12.2 Å². The van der Waals surface area contributed by atoms with E-state index < -0.39 is 26.2 Å². The number of imidazole rings is 1. The highest BCUT2D eigenvalue weighted by atomic mass is 32.2. The molecule has 8 heteroatoms. The number of H-pyrrole nitrogens is 1. The van der Waals surface area contributed by atoms with Crippen molar-refractivity contribution in [2.24, 2.45) is 0 Å². The summed E-state index contributed by atoms with van der Waals surface area (Å²) in [5.41, 5.74) is 0.282. The Hall–Kier alpha value is -1.28. The van der Waals surface area contributed by atoms with Gasteiger partial charge in [-0.25, -0.2) is 17.2 Å². The highest BCUT2D eigenvalue weighted by Crippen LogP contribution is 2.25. The Kier molecular flexibility index (Phi) is 3.50. The van der Waals surface area contributed by atoms with Gasteiger partial charge in [0.25, 0.3) is 0 Å². The average molecular weight is 320 g/mol. The van der Waals surface area contributed by atoms with Crippen LogP contribution in [0.4, 0.5) is 8.78 Å². The van der Waals surface area contributed by atoms with Crippen LogP contribution in [-0.2, 0) is 16.4 Å². The zero-order chi connectivity index (χ0) is 15.3. The number of nitrogens with zero attached hydrogens (tertiary/aromatic N) is 1. The fraction of sp³-hybridized carbons (Fsp3) is 0.417. The van der Waals surface area contributed by atoms with E-state index in [1.54, 1.807) is 0 Å². The lowest BCUT2D eigenvalue weighted by molar-refractivity contribution is 0.490. The molecular formula is C12H14F2N2O2S2. The summed E-state index contributed by atoms with van der Waals surface area (Å²) in [5.74, 6) is -2.04. The van der Waals surface area contributed by atoms with Crippen molar-refractivity contribution in [3.8, 4) is 0 Å². The first-order valence-corrected chi connectivity index (χ1v) is 8.11. The molecule has 2 aromatic rings. The number of rotatable bonds is 3. The Morgan fingerprint density at radius 2 is 1.95 bits per heavy atom. The molecule has 0 spiro atoms. The molecule has 1 aromatic heterocycles. The molecule has 0 aliphatic carbocycles. The van der Waals surface area contributed by atoms with E-state index in [1.165, 1.54) is 24.5 Å². The highest BCUT2D eigenvalue weighted by molar-refractivity contribution is 7.92. The molecule has 1 aromatic carbocycles. The third kappa shape index (κ3) is 2.37. The van der Waals surface area contributed by atoms with Crippen LogP contribution in [0.15, 0.2) is 12.1 Å². The first kappa shape index (κ1) is 15.1. The molecule has 20 heavy (non-hydrogen) atoms. The number of halogens is 2. The highest BCUT2D eigenvalue weighted by Gasteiger charge is 2.32. The second-order valence-electron chi connectivity index (χ2n) is 5.31. The first-order chi connectivity index (χ1) is 9.04. The summed E-state index contributed by atoms with van der Waals surface area (Å²) in [6.07, 6.45) is 1.10. The van der Waals surface area contributed by atoms with Crippen molar-refractivity contribution in [1.29, 1.82) is 0 Å². The summed E-state index contributed by atoms with van der Waals surface area (Å²) >= 11 is 5.07. The zero-order valence-corrected chi connectivity index (χ0v) is 12.8. The minimum absolute atomic E-state index is 0.0493. The molecule has 0 atom stereocenters. The van der Waals surface area contributed by atoms with Gasteiger partial charge in [-0.2, -0.15) is 0 Å². The fourth-order valence-corrected chi connectivity index (χ4v) is 2.47. The molecule has 0 unspecified atom stereocenters. The molecule has 0 aliphatic rings. The van der Waals surface area contributed by atoms with Crippen molar-refractivity contribution in [2.75, 3.05) is 6.26 Å². The molecule has 1 heterocycles. The van der Waals surface area contributed by atoms with Gasteiger partial charge in [-0.15, -0.1) is 0 Å². The Morgan fingerprint density at radius 3 is 2.50 bits per heavy atom. The van der Waals surface area contributed by atoms with E-state index in [0.717, 1.165) is 12.3 Å². The van der Waals surface area contributed by atoms with Crippen LogP contribution in [-0.4, -0.2) is 29.0 Å². The largest absolute Gasteiger partial charge is 0.330 e. The second-order valence-corrected chi connectivity index (χ2v) is 8.34. The molecule has 1 N–H and O–H groups in total. The number of fused-ring (bicyclic) bond motifs is 1. The molecule has 0 amide bonds. The number of hydrogen-bond donors (Lipinski definition) is 1. The number of benzene rings is 1. The van der Waals surface area contributed by atoms with Crippen LogP contribution in [0.5, 0.6) is 0 Å². The Labute approximate surface area is 120 Å². The van der Waals surface area contributed by atoms with Gasteiger partial charge < -0.3 is 9.55 Å². The summed E-state index contributed by atoms with van der Waals surface area (Å²) in [7, 11) is -3.38. The molecule has 0 saturated heterocycles. The van der Waals surface area contributed by atoms with Gasteiger partial charge in [0.05, 0.1) is 10.3 Å². The normalized spacial score (nSPS) is 13.1. The zero-order valence-electron chi connectivity index (χ0n) is 11.2. The van der Waals surface area contributed by atoms with E-state index in [0.29, 0.717) is 5.52 Å². The SMILES string of the molecule is CC(C)(Cn1c(=S)[nH]c2ccc(F)c(F)c21)S(C)(=O)=O. The summed E-state index contributed by atoms with van der Waals surface area (Å²) in [6, 6.07) is 2.36. The topological polar surface area (TPSA) is 54.9 Å². The van der Waals surface area contributed by atoms with Gasteiger partial charge >= 0.3 is 0 Å². The molecule has 0 aliphatic heterocycles. The molecule has 2 rings (SSSR count). The summed E-state index contributed by atoms with van der Waals surface area (Å²) in [6.45, 7) is 2.96. The Balaban J connectivity index is 2.70. The van der Waals surface area contributed by atoms with Gasteiger partial charge in [0, 0.05) is 12.8 Å². The van der Waals surface area contributed by atoms with Crippen LogP contribution < -0.4 is 0 Å². The van der Waals surface area contributed by atoms with Crippen LogP contribution in [0, 0.1) is 16.4 Å². The second kappa shape index (κ2) is 4.63. The smallest absolute Gasteiger partial charge is 0.184 e. The molecule has 4 nitrogen and oxygen atoms in total. The van der Waals surface area contributed by atoms with Crippen LogP contribution >= 0.6 is 12.2 Å². The third-order valence-corrected chi connectivity index (χ3v) is 5.83. The van der Waals surface area contributed by atoms with E-state index in [9.17, 15) is 17.2 Å². The predicted octanol–water partition coefficient (Wildman–Crippen LogP) is 2.80. The first-order valence-electron chi connectivity index (χ1n) is 5.81. The van der Waals surface area contributed by atoms with Gasteiger partial charge in [-0.3, -0.25) is 0 Å². The van der Waals surface area contributed by atoms with Crippen molar-refractivity contribution in [3.63, 3.8) is 0 Å². The van der Waals surface area contributed by atoms with Crippen LogP contribution in [0.1, 0.15) is 13.8 Å². The third-order valence-electron chi connectivity index (χ3n) is 3.37. The molecule has 0 fully saturated rings. The van der Waals surface area contributed by atoms with E-state index in [-0.39, 0.29) is 16.8 Å². The maximum Gasteiger partial charge on any atom is 0.184 e. The van der Waals surface area contributed by atoms with Crippen molar-refractivity contribution in [2.45, 2.75) is 25.1 Å². The van der Waals surface area contributed by atoms with E-state index in [1.807, 2.05) is 0 Å². The number of aromatic amines is 1. The molecule has 110 valence electrons. The lowest BCUT2D eigenvalue weighted by Gasteiger charge is -2.23. The Morgan fingerprint density at radius 1 is 1.35 bits per heavy atom. The molecule has 0 bridgehead atoms. The Bertz CT molecular complexity index is 835. The van der Waals surface area contributed by atoms with Gasteiger partial charge in [0.15, 0.2) is 26.2 Å². The standard InChI is InChI=1S/C12H14F2N2O2S2/c1-12(2,20(3,17)18)6-16-10-8(15-11(16)19)5-4-7(13)9(10)14/h4-5H,6H2,1-3H3,(H,15,19). The summed E-state index contributed by atoms with van der Waals surface area (Å²) in [5, 5.41) is 0. The minimum Gasteiger partial charge on any atom is -0.330 e. The molecular weight excluding hydrogens is 306 g/mol. The summed E-state index contributed by atoms with van der Waals surface area (Å²) < 4.78 is 51.1. The maximum absolute atomic E-state index is 13.9. The monoisotopic (exact) mass is 320 g/mol. The van der Waals surface area contributed by atoms with Gasteiger partial charge in [-0.05, 0) is 38.2 Å². The van der Waals surface area contributed by atoms with Crippen LogP contribution in [0.25, 0.3) is 11.0 Å². The summed E-state index contributed by atoms with van der Waals surface area (Å²) in [4.78, 5) is 2.75. The quantitative estimate of drug-likeness (QED) is 0.885. The van der Waals surface area contributed by atoms with Gasteiger partial charge in [0.1, 0.15) is 5.52 Å². The molecule has 0 radical (unpaired) electrons. The van der Waals surface area contributed by atoms with Crippen LogP contribution in [0.3, 0.4) is 0 Å². The fourth-order valence-electron chi connectivity index (χ4n) is 1.84. The number of nitrogens with one attached hydrogen (secondary N) is 1. The predicted molar refractivity (Wildman–Crippen MR) is 76.0 cm³/mol. The molecule has 0 saturated carbocycles. The number of sulfone groups is 1. The van der Waals surface area contributed by atoms with Gasteiger partial charge in [-0.1, -0.05) is 0 Å². The lowest BCUT2D eigenvalue weighted by atomic mass is 10.2. The lowest BCUT2D eigenvalue weighted by Crippen LogP contribution is -2.35. The van der Waals surface area contributed by atoms with E-state index >= 15 is 0 Å². The van der Waals surface area contributed by atoms with Crippen molar-refractivity contribution < 1.29 is 17.2 Å². The van der Waals surface area contributed by atoms with Gasteiger partial charge in [0.2, 0.25) is 0 Å². The average Bonchev–Trinajstić information content (AvgIpc) is 2.60. The minimum atomic E-state index is -3.38. The number of aromatic nitrogens is 2. The number of hydrogen-bond acceptors (Lipinski definition) is 3. The van der Waals surface area contributed by atoms with Crippen molar-refractivity contribution in [1.82, 2.24) is 9.55 Å². The van der Waals surface area contributed by atoms with Crippen LogP contribution in [0.2, 0.25) is 0 Å². The van der Waals surface area contributed by atoms with Crippen molar-refractivity contribution >= 4 is 33.1 Å². The van der Waals surface area contributed by atoms with Crippen molar-refractivity contribution in [3.05, 3.63) is 28.5 Å². The maximum atomic E-state index is 13.9.